The van der Waals surface area contributed by atoms with E-state index in [4.69, 9.17) is 11.6 Å². The first-order chi connectivity index (χ1) is 15.3. The molecule has 0 aromatic heterocycles. The molecule has 0 heterocycles. The molecule has 3 aromatic rings. The highest BCUT2D eigenvalue weighted by Crippen LogP contribution is 2.27. The lowest BCUT2D eigenvalue weighted by Crippen LogP contribution is -2.31. The van der Waals surface area contributed by atoms with Crippen molar-refractivity contribution < 1.29 is 39.5 Å². The number of sulfone groups is 1. The molecule has 0 saturated heterocycles. The molecule has 1 N–H and O–H groups in total. The average molecular weight is 520 g/mol. The lowest BCUT2D eigenvalue weighted by molar-refractivity contribution is -0.274. The Bertz CT molecular complexity index is 1390. The van der Waals surface area contributed by atoms with Crippen LogP contribution in [0.1, 0.15) is 10.4 Å². The fourth-order valence-electron chi connectivity index (χ4n) is 2.64. The van der Waals surface area contributed by atoms with Crippen molar-refractivity contribution in [1.29, 1.82) is 0 Å². The van der Waals surface area contributed by atoms with E-state index in [2.05, 4.69) is 4.74 Å². The van der Waals surface area contributed by atoms with Crippen molar-refractivity contribution in [2.45, 2.75) is 21.0 Å². The lowest BCUT2D eigenvalue weighted by Gasteiger charge is -2.11. The first-order valence-corrected chi connectivity index (χ1v) is 12.2. The van der Waals surface area contributed by atoms with Gasteiger partial charge in [0, 0.05) is 0 Å². The Kier molecular flexibility index (Phi) is 6.73. The molecule has 174 valence electrons. The fourth-order valence-corrected chi connectivity index (χ4v) is 5.12. The van der Waals surface area contributed by atoms with Gasteiger partial charge in [0.2, 0.25) is 9.84 Å². The molecule has 7 nitrogen and oxygen atoms in total. The largest absolute Gasteiger partial charge is 0.573 e. The van der Waals surface area contributed by atoms with Crippen molar-refractivity contribution in [3.05, 3.63) is 83.4 Å². The normalized spacial score (nSPS) is 12.2. The van der Waals surface area contributed by atoms with E-state index < -0.39 is 48.3 Å². The Labute approximate surface area is 191 Å². The van der Waals surface area contributed by atoms with Crippen LogP contribution in [0.3, 0.4) is 0 Å². The third kappa shape index (κ3) is 5.83. The SMILES string of the molecule is O=C(NS(=O)(=O)c1ccc(OC(F)(F)F)cc1)c1cc(S(=O)(=O)c2ccccc2)ccc1Cl. The molecule has 3 aromatic carbocycles. The molecule has 0 aliphatic carbocycles. The minimum absolute atomic E-state index is 0.0486. The molecule has 0 unspecified atom stereocenters. The summed E-state index contributed by atoms with van der Waals surface area (Å²) in [5.74, 6) is -1.89. The molecule has 0 fully saturated rings. The van der Waals surface area contributed by atoms with Gasteiger partial charge >= 0.3 is 6.36 Å². The summed E-state index contributed by atoms with van der Waals surface area (Å²) in [6.07, 6.45) is -4.96. The van der Waals surface area contributed by atoms with Gasteiger partial charge in [0.05, 0.1) is 25.3 Å². The summed E-state index contributed by atoms with van der Waals surface area (Å²) >= 11 is 5.97. The molecule has 1 amide bonds. The van der Waals surface area contributed by atoms with Crippen LogP contribution in [0.4, 0.5) is 13.2 Å². The molecular weight excluding hydrogens is 507 g/mol. The van der Waals surface area contributed by atoms with E-state index in [9.17, 15) is 34.8 Å². The monoisotopic (exact) mass is 519 g/mol. The van der Waals surface area contributed by atoms with Crippen LogP contribution < -0.4 is 9.46 Å². The minimum atomic E-state index is -4.96. The molecule has 0 bridgehead atoms. The summed E-state index contributed by atoms with van der Waals surface area (Å²) < 4.78 is 92.6. The Balaban J connectivity index is 1.87. The fraction of sp³-hybridized carbons (Fsp3) is 0.0500. The van der Waals surface area contributed by atoms with Crippen LogP contribution in [0, 0.1) is 0 Å². The van der Waals surface area contributed by atoms with E-state index in [0.29, 0.717) is 0 Å². The number of hydrogen-bond acceptors (Lipinski definition) is 6. The summed E-state index contributed by atoms with van der Waals surface area (Å²) in [4.78, 5) is 11.7. The van der Waals surface area contributed by atoms with E-state index in [1.165, 1.54) is 24.3 Å². The Morgan fingerprint density at radius 1 is 0.818 bits per heavy atom. The highest BCUT2D eigenvalue weighted by atomic mass is 35.5. The Hall–Kier alpha value is -3.09. The van der Waals surface area contributed by atoms with Gasteiger partial charge in [-0.15, -0.1) is 13.2 Å². The quantitative estimate of drug-likeness (QED) is 0.523. The average Bonchev–Trinajstić information content (AvgIpc) is 2.73. The molecule has 0 spiro atoms. The lowest BCUT2D eigenvalue weighted by atomic mass is 10.2. The zero-order valence-corrected chi connectivity index (χ0v) is 18.6. The van der Waals surface area contributed by atoms with Crippen LogP contribution in [0.25, 0.3) is 0 Å². The van der Waals surface area contributed by atoms with Gasteiger partial charge in [0.25, 0.3) is 15.9 Å². The van der Waals surface area contributed by atoms with Crippen LogP contribution in [0.5, 0.6) is 5.75 Å². The van der Waals surface area contributed by atoms with Crippen molar-refractivity contribution in [2.24, 2.45) is 0 Å². The highest BCUT2D eigenvalue weighted by molar-refractivity contribution is 7.91. The molecule has 0 aliphatic heterocycles. The summed E-state index contributed by atoms with van der Waals surface area (Å²) in [6, 6.07) is 13.7. The Morgan fingerprint density at radius 3 is 1.97 bits per heavy atom. The Morgan fingerprint density at radius 2 is 1.39 bits per heavy atom. The summed E-state index contributed by atoms with van der Waals surface area (Å²) in [5.41, 5.74) is -0.436. The van der Waals surface area contributed by atoms with Gasteiger partial charge in [-0.3, -0.25) is 4.79 Å². The maximum absolute atomic E-state index is 12.8. The van der Waals surface area contributed by atoms with Gasteiger partial charge < -0.3 is 4.74 Å². The minimum Gasteiger partial charge on any atom is -0.406 e. The second-order valence-corrected chi connectivity index (χ2v) is 10.5. The molecule has 33 heavy (non-hydrogen) atoms. The number of carbonyl (C=O) groups is 1. The van der Waals surface area contributed by atoms with Crippen molar-refractivity contribution in [3.8, 4) is 5.75 Å². The van der Waals surface area contributed by atoms with Gasteiger partial charge in [0.15, 0.2) is 0 Å². The van der Waals surface area contributed by atoms with Crippen molar-refractivity contribution in [3.63, 3.8) is 0 Å². The van der Waals surface area contributed by atoms with E-state index in [-0.39, 0.29) is 14.8 Å². The number of alkyl halides is 3. The molecule has 3 rings (SSSR count). The van der Waals surface area contributed by atoms with E-state index in [1.807, 2.05) is 0 Å². The van der Waals surface area contributed by atoms with Crippen LogP contribution in [0.2, 0.25) is 5.02 Å². The number of ether oxygens (including phenoxy) is 1. The molecule has 0 aliphatic rings. The third-order valence-corrected chi connectivity index (χ3v) is 7.58. The number of sulfonamides is 1. The van der Waals surface area contributed by atoms with Crippen LogP contribution >= 0.6 is 11.6 Å². The smallest absolute Gasteiger partial charge is 0.406 e. The van der Waals surface area contributed by atoms with Crippen LogP contribution in [-0.4, -0.2) is 29.1 Å². The summed E-state index contributed by atoms with van der Waals surface area (Å²) in [7, 11) is -8.55. The van der Waals surface area contributed by atoms with Gasteiger partial charge in [-0.25, -0.2) is 21.6 Å². The van der Waals surface area contributed by atoms with E-state index in [0.717, 1.165) is 42.5 Å². The molecular formula is C20H13ClF3NO6S2. The maximum atomic E-state index is 12.8. The third-order valence-electron chi connectivity index (χ3n) is 4.14. The zero-order chi connectivity index (χ0) is 24.4. The zero-order valence-electron chi connectivity index (χ0n) is 16.2. The summed E-state index contributed by atoms with van der Waals surface area (Å²) in [5, 5.41) is -0.219. The van der Waals surface area contributed by atoms with Gasteiger partial charge in [0.1, 0.15) is 5.75 Å². The number of halogens is 4. The van der Waals surface area contributed by atoms with Crippen LogP contribution in [0.15, 0.2) is 87.5 Å². The molecule has 0 radical (unpaired) electrons. The first-order valence-electron chi connectivity index (χ1n) is 8.82. The maximum Gasteiger partial charge on any atom is 0.573 e. The van der Waals surface area contributed by atoms with Gasteiger partial charge in [-0.05, 0) is 54.6 Å². The molecule has 0 atom stereocenters. The second kappa shape index (κ2) is 9.04. The predicted molar refractivity (Wildman–Crippen MR) is 111 cm³/mol. The predicted octanol–water partition coefficient (Wildman–Crippen LogP) is 4.19. The second-order valence-electron chi connectivity index (χ2n) is 6.41. The number of hydrogen-bond donors (Lipinski definition) is 1. The molecule has 0 saturated carbocycles. The number of rotatable bonds is 6. The first kappa shape index (κ1) is 24.6. The van der Waals surface area contributed by atoms with Gasteiger partial charge in [-0.1, -0.05) is 29.8 Å². The topological polar surface area (TPSA) is 107 Å². The standard InChI is InChI=1S/C20H13ClF3NO6S2/c21-18-11-10-16(32(27,28)14-4-2-1-3-5-14)12-17(18)19(26)25-33(29,30)15-8-6-13(7-9-15)31-20(22,23)24/h1-12H,(H,25,26). The number of carbonyl (C=O) groups excluding carboxylic acids is 1. The van der Waals surface area contributed by atoms with Crippen molar-refractivity contribution in [2.75, 3.05) is 0 Å². The molecule has 13 heteroatoms. The van der Waals surface area contributed by atoms with Crippen molar-refractivity contribution in [1.82, 2.24) is 4.72 Å². The van der Waals surface area contributed by atoms with E-state index >= 15 is 0 Å². The van der Waals surface area contributed by atoms with Crippen molar-refractivity contribution >= 4 is 37.4 Å². The number of nitrogens with one attached hydrogen (secondary N) is 1. The van der Waals surface area contributed by atoms with Crippen LogP contribution in [-0.2, 0) is 19.9 Å². The number of benzene rings is 3. The number of amides is 1. The summed E-state index contributed by atoms with van der Waals surface area (Å²) in [6.45, 7) is 0. The van der Waals surface area contributed by atoms with Gasteiger partial charge in [-0.2, -0.15) is 0 Å². The highest BCUT2D eigenvalue weighted by Gasteiger charge is 2.31. The van der Waals surface area contributed by atoms with E-state index in [1.54, 1.807) is 10.8 Å².